The van der Waals surface area contributed by atoms with Crippen molar-refractivity contribution in [1.29, 1.82) is 0 Å². The third-order valence-electron chi connectivity index (χ3n) is 23.2. The molecule has 9 fully saturated rings. The van der Waals surface area contributed by atoms with E-state index in [-0.39, 0.29) is 125 Å². The van der Waals surface area contributed by atoms with E-state index in [9.17, 15) is 53.4 Å². The number of aliphatic hydroxyl groups is 2. The summed E-state index contributed by atoms with van der Waals surface area (Å²) < 4.78 is 74.9. The summed E-state index contributed by atoms with van der Waals surface area (Å²) in [5, 5.41) is 27.1. The van der Waals surface area contributed by atoms with Crippen LogP contribution >= 0.6 is 0 Å². The Morgan fingerprint density at radius 1 is 0.698 bits per heavy atom. The number of esters is 4. The average Bonchev–Trinajstić information content (AvgIpc) is 1.67. The van der Waals surface area contributed by atoms with Crippen LogP contribution in [0.1, 0.15) is 143 Å². The van der Waals surface area contributed by atoms with Gasteiger partial charge in [0.05, 0.1) is 61.0 Å². The maximum absolute atomic E-state index is 16.8. The number of rotatable bonds is 18. The molecular weight excluding hydrogens is 1250 g/mol. The van der Waals surface area contributed by atoms with Crippen LogP contribution in [0.2, 0.25) is 0 Å². The van der Waals surface area contributed by atoms with Crippen LogP contribution < -0.4 is 35.4 Å². The van der Waals surface area contributed by atoms with Crippen LogP contribution in [0.15, 0.2) is 57.9 Å². The van der Waals surface area contributed by atoms with E-state index in [4.69, 9.17) is 33.2 Å². The van der Waals surface area contributed by atoms with E-state index >= 15 is 8.78 Å². The monoisotopic (exact) mass is 1330 g/mol. The number of carbonyl (C=O) groups is 7. The highest BCUT2D eigenvalue weighted by molar-refractivity contribution is 6.02. The molecule has 0 bridgehead atoms. The standard InChI is InChI=1S/C70H80F2N6O18/c1-68-19-17-41(79)23-38(68)9-14-42-47-18-20-70(89,69(47,2)26-52(80)56(42)68)53(81)33-92-54(82)15-16-55(83)93-34-94-65(86)45-29-78(40-12-13-40)58-44(61(45)84)25-49(72)60(64(58)91-4)75-28-37-8-6-22-76(51(37)32-75)67(88)96-35-95-66(87)46-30-77(39-10-11-39)57-43(62(46)85)24-48(71)59(63(57)90-3)74-27-36-7-5-21-73-50(36)31-74/h17,19,23-25,29-30,36-37,39-40,42,47,50-52,56,73,80,89H,5-16,18,20-22,26-28,31-35H2,1-4H3/t36?,37?,42?,47?,50?,51?,52-,56?,68-,69-,70-/m0/s1. The van der Waals surface area contributed by atoms with Crippen LogP contribution in [0.5, 0.6) is 11.5 Å². The van der Waals surface area contributed by atoms with Gasteiger partial charge >= 0.3 is 30.0 Å². The number of halogens is 2. The van der Waals surface area contributed by atoms with Crippen molar-refractivity contribution < 1.29 is 85.7 Å². The molecular formula is C70H80F2N6O18. The molecule has 11 atom stereocenters. The number of hydrogen-bond donors (Lipinski definition) is 3. The number of piperidine rings is 2. The summed E-state index contributed by atoms with van der Waals surface area (Å²) in [6.45, 7) is 4.05. The molecule has 0 spiro atoms. The number of ether oxygens (including phenoxy) is 7. The highest BCUT2D eigenvalue weighted by Crippen LogP contribution is 2.67. The van der Waals surface area contributed by atoms with Crippen LogP contribution in [-0.2, 0) is 42.9 Å². The number of aromatic nitrogens is 2. The second kappa shape index (κ2) is 25.0. The fraction of sp³-hybridized carbons (Fsp3) is 0.586. The van der Waals surface area contributed by atoms with E-state index in [2.05, 4.69) is 5.32 Å². The van der Waals surface area contributed by atoms with Gasteiger partial charge in [0.25, 0.3) is 0 Å². The van der Waals surface area contributed by atoms with Crippen molar-refractivity contribution in [2.75, 3.05) is 83.5 Å². The lowest BCUT2D eigenvalue weighted by Crippen LogP contribution is -2.61. The van der Waals surface area contributed by atoms with E-state index in [1.165, 1.54) is 37.6 Å². The van der Waals surface area contributed by atoms with Crippen LogP contribution in [0.25, 0.3) is 21.8 Å². The molecule has 3 N–H and O–H groups in total. The Morgan fingerprint density at radius 3 is 1.89 bits per heavy atom. The molecule has 4 aromatic rings. The number of benzene rings is 2. The van der Waals surface area contributed by atoms with E-state index in [0.29, 0.717) is 69.5 Å². The van der Waals surface area contributed by atoms with Gasteiger partial charge in [0, 0.05) is 80.0 Å². The number of carbonyl (C=O) groups excluding carboxylic acids is 7. The van der Waals surface area contributed by atoms with Crippen molar-refractivity contribution in [2.24, 2.45) is 40.4 Å². The normalized spacial score (nSPS) is 29.6. The maximum Gasteiger partial charge on any atom is 0.412 e. The molecule has 512 valence electrons. The first kappa shape index (κ1) is 65.1. The summed E-state index contributed by atoms with van der Waals surface area (Å²) in [7, 11) is 2.78. The van der Waals surface area contributed by atoms with Gasteiger partial charge < -0.3 is 72.5 Å². The molecule has 5 saturated carbocycles. The number of fused-ring (bicyclic) bond motifs is 9. The largest absolute Gasteiger partial charge is 0.492 e. The third kappa shape index (κ3) is 11.1. The van der Waals surface area contributed by atoms with Gasteiger partial charge in [-0.3, -0.25) is 28.8 Å². The van der Waals surface area contributed by atoms with E-state index in [1.54, 1.807) is 20.1 Å². The number of aliphatic hydroxyl groups excluding tert-OH is 1. The van der Waals surface area contributed by atoms with Crippen LogP contribution in [0.3, 0.4) is 0 Å². The Bertz CT molecular complexity index is 4110. The average molecular weight is 1330 g/mol. The highest BCUT2D eigenvalue weighted by atomic mass is 19.1. The highest BCUT2D eigenvalue weighted by Gasteiger charge is 2.68. The van der Waals surface area contributed by atoms with Gasteiger partial charge in [-0.2, -0.15) is 0 Å². The second-order valence-corrected chi connectivity index (χ2v) is 28.4. The molecule has 1 amide bonds. The Labute approximate surface area is 550 Å². The topological polar surface area (TPSA) is 290 Å². The fourth-order valence-corrected chi connectivity index (χ4v) is 18.2. The molecule has 4 saturated heterocycles. The third-order valence-corrected chi connectivity index (χ3v) is 23.2. The Hall–Kier alpha value is -8.23. The zero-order valence-corrected chi connectivity index (χ0v) is 54.2. The molecule has 7 unspecified atom stereocenters. The van der Waals surface area contributed by atoms with Gasteiger partial charge in [0.2, 0.25) is 30.2 Å². The number of nitrogens with zero attached hydrogens (tertiary/aromatic N) is 5. The molecule has 96 heavy (non-hydrogen) atoms. The molecule has 2 aromatic carbocycles. The van der Waals surface area contributed by atoms with Crippen molar-refractivity contribution in [2.45, 2.75) is 146 Å². The molecule has 26 heteroatoms. The number of amides is 1. The predicted octanol–water partition coefficient (Wildman–Crippen LogP) is 6.88. The van der Waals surface area contributed by atoms with Gasteiger partial charge in [-0.25, -0.2) is 23.2 Å². The van der Waals surface area contributed by atoms with Crippen molar-refractivity contribution in [3.63, 3.8) is 0 Å². The summed E-state index contributed by atoms with van der Waals surface area (Å²) in [6.07, 6.45) is 13.3. The van der Waals surface area contributed by atoms with Gasteiger partial charge in [-0.15, -0.1) is 0 Å². The van der Waals surface area contributed by atoms with Crippen molar-refractivity contribution in [3.05, 3.63) is 91.5 Å². The number of nitrogens with one attached hydrogen (secondary N) is 1. The number of Topliss-reactive ketones (excluding diaryl/α,β-unsaturated/α-hetero) is 1. The lowest BCUT2D eigenvalue weighted by Gasteiger charge is -2.59. The number of hydrogen-bond acceptors (Lipinski definition) is 21. The number of anilines is 2. The van der Waals surface area contributed by atoms with Gasteiger partial charge in [0.1, 0.15) is 28.1 Å². The van der Waals surface area contributed by atoms with Crippen LogP contribution in [0, 0.1) is 52.1 Å². The predicted molar refractivity (Wildman–Crippen MR) is 339 cm³/mol. The lowest BCUT2D eigenvalue weighted by atomic mass is 9.46. The van der Waals surface area contributed by atoms with E-state index < -0.39 is 125 Å². The van der Waals surface area contributed by atoms with E-state index in [1.807, 2.05) is 24.8 Å². The lowest BCUT2D eigenvalue weighted by molar-refractivity contribution is -0.181. The quantitative estimate of drug-likeness (QED) is 0.0519. The molecule has 6 aliphatic carbocycles. The minimum atomic E-state index is -1.89. The van der Waals surface area contributed by atoms with Gasteiger partial charge in [-0.1, -0.05) is 25.5 Å². The number of methoxy groups -OCH3 is 2. The van der Waals surface area contributed by atoms with Gasteiger partial charge in [0.15, 0.2) is 35.5 Å². The summed E-state index contributed by atoms with van der Waals surface area (Å²) in [5.41, 5.74) is -4.05. The first-order valence-corrected chi connectivity index (χ1v) is 33.7. The minimum absolute atomic E-state index is 0.0194. The zero-order chi connectivity index (χ0) is 67.4. The molecule has 24 nitrogen and oxygen atoms in total. The molecule has 4 aliphatic heterocycles. The Morgan fingerprint density at radius 2 is 1.28 bits per heavy atom. The maximum atomic E-state index is 16.8. The number of allylic oxidation sites excluding steroid dienone is 4. The Kier molecular flexibility index (Phi) is 17.0. The summed E-state index contributed by atoms with van der Waals surface area (Å²) in [4.78, 5) is 126. The number of likely N-dealkylation sites (tertiary alicyclic amines) is 1. The fourth-order valence-electron chi connectivity index (χ4n) is 18.2. The number of ketones is 2. The van der Waals surface area contributed by atoms with Crippen LogP contribution in [-0.4, -0.2) is 163 Å². The van der Waals surface area contributed by atoms with Crippen molar-refractivity contribution >= 4 is 74.7 Å². The summed E-state index contributed by atoms with van der Waals surface area (Å²) in [6, 6.07) is 1.61. The smallest absolute Gasteiger partial charge is 0.412 e. The van der Waals surface area contributed by atoms with E-state index in [0.717, 1.165) is 49.9 Å². The SMILES string of the molecule is COc1c(N2CC3CCCNC3C2)c(F)cc2c(=O)c(C(=O)OCOC(=O)N3CCCC4CN(c5c(F)cc6c(=O)c(C(=O)OCOC(=O)CCC(=O)OCC(=O)[C@@]7(O)CCC8C9CCC%10=CC(=O)C=C[C@]%10(C)C9[C@@H](O)C[C@@]87C)cn(C7CC7)c6c5OC)CC43)cn(C3CC3)c12. The molecule has 10 aliphatic rings. The van der Waals surface area contributed by atoms with Gasteiger partial charge in [-0.05, 0) is 138 Å². The molecule has 6 heterocycles. The minimum Gasteiger partial charge on any atom is -0.492 e. The first-order chi connectivity index (χ1) is 46.0. The Balaban J connectivity index is 0.584. The summed E-state index contributed by atoms with van der Waals surface area (Å²) in [5.74, 6) is -6.39. The zero-order valence-electron chi connectivity index (χ0n) is 54.2. The number of pyridine rings is 2. The second-order valence-electron chi connectivity index (χ2n) is 28.4. The van der Waals surface area contributed by atoms with Crippen molar-refractivity contribution in [3.8, 4) is 11.5 Å². The van der Waals surface area contributed by atoms with Crippen molar-refractivity contribution in [1.82, 2.24) is 19.4 Å². The molecule has 2 aromatic heterocycles. The molecule has 0 radical (unpaired) electrons. The first-order valence-electron chi connectivity index (χ1n) is 33.7. The van der Waals surface area contributed by atoms with Crippen LogP contribution in [0.4, 0.5) is 25.0 Å². The summed E-state index contributed by atoms with van der Waals surface area (Å²) >= 11 is 0. The molecule has 14 rings (SSSR count).